The first-order chi connectivity index (χ1) is 12.2. The Morgan fingerprint density at radius 3 is 2.40 bits per heavy atom. The number of hydrogen-bond acceptors (Lipinski definition) is 2. The third-order valence-corrected chi connectivity index (χ3v) is 4.73. The fourth-order valence-electron chi connectivity index (χ4n) is 3.28. The number of aryl methyl sites for hydroxylation is 1. The zero-order valence-corrected chi connectivity index (χ0v) is 14.5. The van der Waals surface area contributed by atoms with Crippen LogP contribution >= 0.6 is 0 Å². The Kier molecular flexibility index (Phi) is 6.18. The molecule has 25 heavy (non-hydrogen) atoms. The Labute approximate surface area is 149 Å². The van der Waals surface area contributed by atoms with Crippen molar-refractivity contribution in [2.75, 3.05) is 26.2 Å². The molecule has 0 spiro atoms. The Morgan fingerprint density at radius 1 is 0.880 bits per heavy atom. The van der Waals surface area contributed by atoms with E-state index in [0.29, 0.717) is 6.42 Å². The number of carbonyl (C=O) groups excluding carboxylic acids is 1. The second kappa shape index (κ2) is 8.77. The average molecular weight is 340 g/mol. The van der Waals surface area contributed by atoms with E-state index in [1.807, 2.05) is 35.2 Å². The summed E-state index contributed by atoms with van der Waals surface area (Å²) in [5, 5.41) is 0. The van der Waals surface area contributed by atoms with Gasteiger partial charge in [-0.3, -0.25) is 9.69 Å². The molecule has 1 fully saturated rings. The fraction of sp³-hybridized carbons (Fsp3) is 0.381. The SMILES string of the molecule is O=C(CCc1ccccc1)N1CCCN(Cc2ccc(F)cc2)CC1. The third-order valence-electron chi connectivity index (χ3n) is 4.73. The Bertz CT molecular complexity index is 672. The molecule has 1 heterocycles. The number of benzene rings is 2. The van der Waals surface area contributed by atoms with Crippen molar-refractivity contribution in [3.8, 4) is 0 Å². The predicted molar refractivity (Wildman–Crippen MR) is 97.6 cm³/mol. The fourth-order valence-corrected chi connectivity index (χ4v) is 3.28. The van der Waals surface area contributed by atoms with Gasteiger partial charge in [0.15, 0.2) is 0 Å². The molecule has 0 aliphatic carbocycles. The van der Waals surface area contributed by atoms with E-state index in [2.05, 4.69) is 17.0 Å². The van der Waals surface area contributed by atoms with E-state index < -0.39 is 0 Å². The normalized spacial score (nSPS) is 15.8. The van der Waals surface area contributed by atoms with Crippen molar-refractivity contribution in [1.29, 1.82) is 0 Å². The van der Waals surface area contributed by atoms with Gasteiger partial charge < -0.3 is 4.90 Å². The van der Waals surface area contributed by atoms with Crippen molar-refractivity contribution >= 4 is 5.91 Å². The number of amides is 1. The van der Waals surface area contributed by atoms with Gasteiger partial charge in [0.25, 0.3) is 0 Å². The van der Waals surface area contributed by atoms with Crippen molar-refractivity contribution in [2.24, 2.45) is 0 Å². The van der Waals surface area contributed by atoms with Crippen LogP contribution in [0, 0.1) is 5.82 Å². The van der Waals surface area contributed by atoms with Crippen LogP contribution < -0.4 is 0 Å². The molecule has 1 saturated heterocycles. The highest BCUT2D eigenvalue weighted by Crippen LogP contribution is 2.12. The molecule has 0 bridgehead atoms. The van der Waals surface area contributed by atoms with Gasteiger partial charge in [-0.1, -0.05) is 42.5 Å². The lowest BCUT2D eigenvalue weighted by atomic mass is 10.1. The molecule has 0 saturated carbocycles. The minimum absolute atomic E-state index is 0.199. The van der Waals surface area contributed by atoms with Gasteiger partial charge in [0.05, 0.1) is 0 Å². The van der Waals surface area contributed by atoms with Crippen molar-refractivity contribution in [2.45, 2.75) is 25.8 Å². The lowest BCUT2D eigenvalue weighted by Gasteiger charge is -2.22. The molecule has 3 nitrogen and oxygen atoms in total. The summed E-state index contributed by atoms with van der Waals surface area (Å²) in [5.41, 5.74) is 2.33. The monoisotopic (exact) mass is 340 g/mol. The van der Waals surface area contributed by atoms with Crippen LogP contribution in [0.25, 0.3) is 0 Å². The molecular weight excluding hydrogens is 315 g/mol. The van der Waals surface area contributed by atoms with E-state index in [4.69, 9.17) is 0 Å². The van der Waals surface area contributed by atoms with Crippen LogP contribution in [0.2, 0.25) is 0 Å². The van der Waals surface area contributed by atoms with Gasteiger partial charge in [-0.2, -0.15) is 0 Å². The van der Waals surface area contributed by atoms with E-state index in [1.54, 1.807) is 0 Å². The Hall–Kier alpha value is -2.20. The van der Waals surface area contributed by atoms with E-state index in [0.717, 1.165) is 51.1 Å². The third kappa shape index (κ3) is 5.40. The topological polar surface area (TPSA) is 23.6 Å². The van der Waals surface area contributed by atoms with Crippen LogP contribution in [0.5, 0.6) is 0 Å². The van der Waals surface area contributed by atoms with Gasteiger partial charge in [-0.25, -0.2) is 4.39 Å². The molecule has 132 valence electrons. The summed E-state index contributed by atoms with van der Waals surface area (Å²) in [6, 6.07) is 16.8. The summed E-state index contributed by atoms with van der Waals surface area (Å²) < 4.78 is 13.0. The quantitative estimate of drug-likeness (QED) is 0.832. The minimum atomic E-state index is -0.199. The number of carbonyl (C=O) groups is 1. The molecule has 0 atom stereocenters. The lowest BCUT2D eigenvalue weighted by Crippen LogP contribution is -2.35. The van der Waals surface area contributed by atoms with Crippen molar-refractivity contribution in [3.05, 3.63) is 71.5 Å². The summed E-state index contributed by atoms with van der Waals surface area (Å²) in [7, 11) is 0. The van der Waals surface area contributed by atoms with E-state index >= 15 is 0 Å². The maximum atomic E-state index is 13.0. The van der Waals surface area contributed by atoms with Crippen molar-refractivity contribution in [3.63, 3.8) is 0 Å². The first-order valence-corrected chi connectivity index (χ1v) is 8.99. The largest absolute Gasteiger partial charge is 0.341 e. The molecule has 1 amide bonds. The van der Waals surface area contributed by atoms with Crippen LogP contribution in [0.15, 0.2) is 54.6 Å². The molecule has 0 aromatic heterocycles. The van der Waals surface area contributed by atoms with Crippen LogP contribution in [0.4, 0.5) is 4.39 Å². The second-order valence-electron chi connectivity index (χ2n) is 6.62. The highest BCUT2D eigenvalue weighted by molar-refractivity contribution is 5.76. The number of rotatable bonds is 5. The van der Waals surface area contributed by atoms with Gasteiger partial charge >= 0.3 is 0 Å². The minimum Gasteiger partial charge on any atom is -0.341 e. The predicted octanol–water partition coefficient (Wildman–Crippen LogP) is 3.49. The molecular formula is C21H25FN2O. The van der Waals surface area contributed by atoms with Gasteiger partial charge in [0.1, 0.15) is 5.82 Å². The molecule has 1 aliphatic heterocycles. The first kappa shape index (κ1) is 17.6. The van der Waals surface area contributed by atoms with E-state index in [-0.39, 0.29) is 11.7 Å². The second-order valence-corrected chi connectivity index (χ2v) is 6.62. The molecule has 2 aromatic rings. The maximum Gasteiger partial charge on any atom is 0.222 e. The van der Waals surface area contributed by atoms with Crippen LogP contribution in [0.1, 0.15) is 24.0 Å². The van der Waals surface area contributed by atoms with E-state index in [9.17, 15) is 9.18 Å². The van der Waals surface area contributed by atoms with Gasteiger partial charge in [-0.15, -0.1) is 0 Å². The maximum absolute atomic E-state index is 13.0. The van der Waals surface area contributed by atoms with E-state index in [1.165, 1.54) is 17.7 Å². The molecule has 0 unspecified atom stereocenters. The van der Waals surface area contributed by atoms with Crippen molar-refractivity contribution in [1.82, 2.24) is 9.80 Å². The molecule has 3 rings (SSSR count). The molecule has 4 heteroatoms. The summed E-state index contributed by atoms with van der Waals surface area (Å²) >= 11 is 0. The Morgan fingerprint density at radius 2 is 1.64 bits per heavy atom. The zero-order valence-electron chi connectivity index (χ0n) is 14.5. The van der Waals surface area contributed by atoms with Gasteiger partial charge in [-0.05, 0) is 36.1 Å². The first-order valence-electron chi connectivity index (χ1n) is 8.99. The summed E-state index contributed by atoms with van der Waals surface area (Å²) in [6.45, 7) is 4.25. The highest BCUT2D eigenvalue weighted by Gasteiger charge is 2.19. The summed E-state index contributed by atoms with van der Waals surface area (Å²) in [6.07, 6.45) is 2.36. The average Bonchev–Trinajstić information content (AvgIpc) is 2.88. The zero-order chi connectivity index (χ0) is 17.5. The Balaban J connectivity index is 1.47. The smallest absolute Gasteiger partial charge is 0.222 e. The van der Waals surface area contributed by atoms with Crippen molar-refractivity contribution < 1.29 is 9.18 Å². The summed E-state index contributed by atoms with van der Waals surface area (Å²) in [4.78, 5) is 16.8. The van der Waals surface area contributed by atoms with Crippen LogP contribution in [-0.2, 0) is 17.8 Å². The molecule has 2 aromatic carbocycles. The highest BCUT2D eigenvalue weighted by atomic mass is 19.1. The molecule has 1 aliphatic rings. The summed E-state index contributed by atoms with van der Waals surface area (Å²) in [5.74, 6) is 0.0438. The van der Waals surface area contributed by atoms with Crippen LogP contribution in [0.3, 0.4) is 0 Å². The molecule has 0 radical (unpaired) electrons. The standard InChI is InChI=1S/C21H25FN2O/c22-20-10-7-19(8-11-20)17-23-13-4-14-24(16-15-23)21(25)12-9-18-5-2-1-3-6-18/h1-3,5-8,10-11H,4,9,12-17H2. The molecule has 0 N–H and O–H groups in total. The van der Waals surface area contributed by atoms with Gasteiger partial charge in [0.2, 0.25) is 5.91 Å². The number of hydrogen-bond donors (Lipinski definition) is 0. The van der Waals surface area contributed by atoms with Crippen LogP contribution in [-0.4, -0.2) is 41.9 Å². The number of nitrogens with zero attached hydrogens (tertiary/aromatic N) is 2. The lowest BCUT2D eigenvalue weighted by molar-refractivity contribution is -0.131. The number of halogens is 1. The van der Waals surface area contributed by atoms with Gasteiger partial charge in [0, 0.05) is 39.1 Å².